The number of rotatable bonds is 5. The van der Waals surface area contributed by atoms with Crippen molar-refractivity contribution in [2.75, 3.05) is 26.4 Å². The zero-order valence-corrected chi connectivity index (χ0v) is 12.8. The zero-order valence-electron chi connectivity index (χ0n) is 12.0. The molecule has 21 heavy (non-hydrogen) atoms. The highest BCUT2D eigenvalue weighted by molar-refractivity contribution is 7.89. The first-order valence-electron chi connectivity index (χ1n) is 6.60. The van der Waals surface area contributed by atoms with E-state index in [0.717, 1.165) is 31.4 Å². The summed E-state index contributed by atoms with van der Waals surface area (Å²) in [5.41, 5.74) is 4.99. The van der Waals surface area contributed by atoms with Gasteiger partial charge in [0.05, 0.1) is 0 Å². The van der Waals surface area contributed by atoms with E-state index in [4.69, 9.17) is 5.73 Å². The van der Waals surface area contributed by atoms with E-state index in [1.54, 1.807) is 0 Å². The van der Waals surface area contributed by atoms with E-state index in [9.17, 15) is 17.2 Å². The van der Waals surface area contributed by atoms with Gasteiger partial charge in [0.15, 0.2) is 11.6 Å². The maximum Gasteiger partial charge on any atom is 0.243 e. The first-order chi connectivity index (χ1) is 9.68. The monoisotopic (exact) mass is 319 g/mol. The second-order valence-electron chi connectivity index (χ2n) is 5.61. The molecule has 0 saturated heterocycles. The summed E-state index contributed by atoms with van der Waals surface area (Å²) in [6, 6.07) is 1.67. The molecular weight excluding hydrogens is 300 g/mol. The number of sulfonamides is 1. The highest BCUT2D eigenvalue weighted by Gasteiger charge is 2.40. The molecule has 3 N–H and O–H groups in total. The van der Waals surface area contributed by atoms with E-state index >= 15 is 0 Å². The number of nitrogen functional groups attached to an aromatic ring is 1. The van der Waals surface area contributed by atoms with Gasteiger partial charge in [-0.15, -0.1) is 0 Å². The van der Waals surface area contributed by atoms with E-state index in [0.29, 0.717) is 0 Å². The summed E-state index contributed by atoms with van der Waals surface area (Å²) in [6.07, 6.45) is 2.73. The fourth-order valence-electron chi connectivity index (χ4n) is 2.45. The molecule has 1 aliphatic carbocycles. The number of hydrogen-bond donors (Lipinski definition) is 2. The Morgan fingerprint density at radius 3 is 2.43 bits per heavy atom. The third-order valence-electron chi connectivity index (χ3n) is 4.13. The van der Waals surface area contributed by atoms with Crippen molar-refractivity contribution in [3.63, 3.8) is 0 Å². The summed E-state index contributed by atoms with van der Waals surface area (Å²) >= 11 is 0. The number of anilines is 1. The van der Waals surface area contributed by atoms with Crippen molar-refractivity contribution in [1.82, 2.24) is 9.62 Å². The Kier molecular flexibility index (Phi) is 4.23. The van der Waals surface area contributed by atoms with Crippen LogP contribution in [0.5, 0.6) is 0 Å². The summed E-state index contributed by atoms with van der Waals surface area (Å²) in [7, 11) is -0.412. The van der Waals surface area contributed by atoms with E-state index in [1.807, 2.05) is 19.0 Å². The number of nitrogens with two attached hydrogens (primary N) is 1. The average Bonchev–Trinajstić information content (AvgIpc) is 2.31. The van der Waals surface area contributed by atoms with Crippen LogP contribution in [0.4, 0.5) is 14.5 Å². The van der Waals surface area contributed by atoms with E-state index in [1.165, 1.54) is 0 Å². The van der Waals surface area contributed by atoms with Gasteiger partial charge in [0.1, 0.15) is 4.90 Å². The maximum absolute atomic E-state index is 13.7. The summed E-state index contributed by atoms with van der Waals surface area (Å²) in [5.74, 6) is -2.69. The van der Waals surface area contributed by atoms with Gasteiger partial charge in [0.2, 0.25) is 10.0 Å². The van der Waals surface area contributed by atoms with Crippen molar-refractivity contribution in [2.45, 2.75) is 29.7 Å². The van der Waals surface area contributed by atoms with Crippen LogP contribution in [0.2, 0.25) is 0 Å². The van der Waals surface area contributed by atoms with Crippen LogP contribution < -0.4 is 10.5 Å². The highest BCUT2D eigenvalue weighted by Crippen LogP contribution is 2.35. The lowest BCUT2D eigenvalue weighted by Gasteiger charge is -2.47. The Bertz CT molecular complexity index is 643. The number of benzene rings is 1. The quantitative estimate of drug-likeness (QED) is 0.803. The van der Waals surface area contributed by atoms with Crippen molar-refractivity contribution in [3.8, 4) is 0 Å². The normalized spacial score (nSPS) is 17.8. The van der Waals surface area contributed by atoms with Gasteiger partial charge in [0, 0.05) is 17.8 Å². The Balaban J connectivity index is 2.24. The molecule has 5 nitrogen and oxygen atoms in total. The summed E-state index contributed by atoms with van der Waals surface area (Å²) < 4.78 is 53.7. The van der Waals surface area contributed by atoms with Gasteiger partial charge in [-0.2, -0.15) is 0 Å². The van der Waals surface area contributed by atoms with Crippen LogP contribution in [0, 0.1) is 11.6 Å². The predicted octanol–water partition coefficient (Wildman–Crippen LogP) is 1.31. The molecule has 2 rings (SSSR count). The summed E-state index contributed by atoms with van der Waals surface area (Å²) in [4.78, 5) is 1.20. The average molecular weight is 319 g/mol. The molecule has 0 amide bonds. The molecule has 1 aromatic rings. The van der Waals surface area contributed by atoms with Crippen molar-refractivity contribution in [3.05, 3.63) is 23.8 Å². The van der Waals surface area contributed by atoms with Gasteiger partial charge in [0.25, 0.3) is 0 Å². The van der Waals surface area contributed by atoms with E-state index in [-0.39, 0.29) is 17.8 Å². The van der Waals surface area contributed by atoms with Crippen LogP contribution in [-0.4, -0.2) is 39.5 Å². The molecule has 0 radical (unpaired) electrons. The molecule has 0 heterocycles. The Labute approximate surface area is 123 Å². The second kappa shape index (κ2) is 5.51. The van der Waals surface area contributed by atoms with Gasteiger partial charge < -0.3 is 10.6 Å². The first-order valence-corrected chi connectivity index (χ1v) is 8.08. The number of nitrogens with zero attached hydrogens (tertiary/aromatic N) is 1. The topological polar surface area (TPSA) is 75.4 Å². The molecule has 0 aliphatic heterocycles. The van der Waals surface area contributed by atoms with Crippen LogP contribution in [0.1, 0.15) is 19.3 Å². The minimum absolute atomic E-state index is 0.139. The van der Waals surface area contributed by atoms with Crippen LogP contribution >= 0.6 is 0 Å². The van der Waals surface area contributed by atoms with Gasteiger partial charge in [-0.25, -0.2) is 21.9 Å². The molecule has 0 unspecified atom stereocenters. The summed E-state index contributed by atoms with van der Waals surface area (Å²) in [6.45, 7) is 0.151. The minimum atomic E-state index is -4.15. The lowest BCUT2D eigenvalue weighted by molar-refractivity contribution is 0.0656. The third-order valence-corrected chi connectivity index (χ3v) is 5.53. The smallest absolute Gasteiger partial charge is 0.243 e. The molecule has 8 heteroatoms. The summed E-state index contributed by atoms with van der Waals surface area (Å²) in [5, 5.41) is 0. The Morgan fingerprint density at radius 2 is 1.95 bits per heavy atom. The SMILES string of the molecule is CN(C)C1(CNS(=O)(=O)c2cc(N)cc(F)c2F)CCC1. The van der Waals surface area contributed by atoms with Gasteiger partial charge in [-0.3, -0.25) is 0 Å². The number of nitrogens with one attached hydrogen (secondary N) is 1. The Morgan fingerprint density at radius 1 is 1.33 bits per heavy atom. The van der Waals surface area contributed by atoms with Crippen molar-refractivity contribution in [1.29, 1.82) is 0 Å². The molecule has 0 atom stereocenters. The fourth-order valence-corrected chi connectivity index (χ4v) is 3.69. The maximum atomic E-state index is 13.7. The predicted molar refractivity (Wildman–Crippen MR) is 76.2 cm³/mol. The van der Waals surface area contributed by atoms with Crippen LogP contribution in [0.15, 0.2) is 17.0 Å². The van der Waals surface area contributed by atoms with Crippen LogP contribution in [0.3, 0.4) is 0 Å². The second-order valence-corrected chi connectivity index (χ2v) is 7.35. The number of hydrogen-bond acceptors (Lipinski definition) is 4. The molecule has 1 saturated carbocycles. The largest absolute Gasteiger partial charge is 0.399 e. The van der Waals surface area contributed by atoms with Crippen molar-refractivity contribution in [2.24, 2.45) is 0 Å². The molecule has 1 aromatic carbocycles. The minimum Gasteiger partial charge on any atom is -0.399 e. The Hall–Kier alpha value is -1.25. The fraction of sp³-hybridized carbons (Fsp3) is 0.538. The van der Waals surface area contributed by atoms with Crippen LogP contribution in [-0.2, 0) is 10.0 Å². The zero-order chi connectivity index (χ0) is 15.8. The van der Waals surface area contributed by atoms with Gasteiger partial charge in [-0.05, 0) is 45.5 Å². The standard InChI is InChI=1S/C13H19F2N3O2S/c1-18(2)13(4-3-5-13)8-17-21(19,20)11-7-9(16)6-10(14)12(11)15/h6-7,17H,3-5,8,16H2,1-2H3. The van der Waals surface area contributed by atoms with Gasteiger partial charge in [-0.1, -0.05) is 0 Å². The van der Waals surface area contributed by atoms with E-state index < -0.39 is 26.6 Å². The number of likely N-dealkylation sites (N-methyl/N-ethyl adjacent to an activating group) is 1. The molecule has 0 aromatic heterocycles. The molecule has 1 fully saturated rings. The molecular formula is C13H19F2N3O2S. The molecule has 1 aliphatic rings. The highest BCUT2D eigenvalue weighted by atomic mass is 32.2. The molecule has 118 valence electrons. The molecule has 0 spiro atoms. The lowest BCUT2D eigenvalue weighted by atomic mass is 9.76. The van der Waals surface area contributed by atoms with E-state index in [2.05, 4.69) is 4.72 Å². The first kappa shape index (κ1) is 16.1. The van der Waals surface area contributed by atoms with Crippen molar-refractivity contribution < 1.29 is 17.2 Å². The van der Waals surface area contributed by atoms with Crippen molar-refractivity contribution >= 4 is 15.7 Å². The third kappa shape index (κ3) is 3.02. The lowest BCUT2D eigenvalue weighted by Crippen LogP contribution is -2.57. The number of halogens is 2. The van der Waals surface area contributed by atoms with Gasteiger partial charge >= 0.3 is 0 Å². The molecule has 0 bridgehead atoms. The van der Waals surface area contributed by atoms with Crippen LogP contribution in [0.25, 0.3) is 0 Å².